The smallest absolute Gasteiger partial charge is 0.263 e. The van der Waals surface area contributed by atoms with Gasteiger partial charge >= 0.3 is 0 Å². The van der Waals surface area contributed by atoms with Crippen molar-refractivity contribution in [3.8, 4) is 11.1 Å². The predicted molar refractivity (Wildman–Crippen MR) is 110 cm³/mol. The highest BCUT2D eigenvalue weighted by molar-refractivity contribution is 7.17. The van der Waals surface area contributed by atoms with E-state index in [0.717, 1.165) is 5.56 Å². The second-order valence-electron chi connectivity index (χ2n) is 6.65. The van der Waals surface area contributed by atoms with Gasteiger partial charge in [-0.15, -0.1) is 11.3 Å². The highest BCUT2D eigenvalue weighted by atomic mass is 32.1. The summed E-state index contributed by atoms with van der Waals surface area (Å²) in [6.07, 6.45) is 3.11. The van der Waals surface area contributed by atoms with Crippen LogP contribution in [-0.4, -0.2) is 14.5 Å². The molecule has 0 aliphatic rings. The molecular formula is C22H13F2N3OS. The molecule has 0 amide bonds. The monoisotopic (exact) mass is 405 g/mol. The van der Waals surface area contributed by atoms with Gasteiger partial charge in [0.25, 0.3) is 5.56 Å². The van der Waals surface area contributed by atoms with Gasteiger partial charge in [-0.25, -0.2) is 13.8 Å². The molecule has 0 unspecified atom stereocenters. The summed E-state index contributed by atoms with van der Waals surface area (Å²) in [5.41, 5.74) is 2.46. The minimum Gasteiger partial charge on any atom is -0.294 e. The summed E-state index contributed by atoms with van der Waals surface area (Å²) in [6, 6.07) is 12.3. The van der Waals surface area contributed by atoms with Crippen LogP contribution in [-0.2, 0) is 6.54 Å². The number of nitrogens with zero attached hydrogens (tertiary/aromatic N) is 3. The fourth-order valence-corrected chi connectivity index (χ4v) is 4.36. The quantitative estimate of drug-likeness (QED) is 0.424. The van der Waals surface area contributed by atoms with E-state index in [0.29, 0.717) is 32.2 Å². The van der Waals surface area contributed by atoms with E-state index in [4.69, 9.17) is 0 Å². The van der Waals surface area contributed by atoms with E-state index in [-0.39, 0.29) is 23.7 Å². The summed E-state index contributed by atoms with van der Waals surface area (Å²) >= 11 is 1.36. The van der Waals surface area contributed by atoms with Gasteiger partial charge in [-0.1, -0.05) is 18.2 Å². The van der Waals surface area contributed by atoms with E-state index in [1.54, 1.807) is 30.5 Å². The third-order valence-electron chi connectivity index (χ3n) is 4.81. The molecule has 0 fully saturated rings. The topological polar surface area (TPSA) is 47.8 Å². The number of aromatic nitrogens is 3. The molecule has 0 aliphatic heterocycles. The van der Waals surface area contributed by atoms with Crippen LogP contribution in [0.1, 0.15) is 5.56 Å². The molecule has 5 aromatic rings. The third-order valence-corrected chi connectivity index (χ3v) is 5.69. The number of hydrogen-bond acceptors (Lipinski definition) is 4. The van der Waals surface area contributed by atoms with Gasteiger partial charge in [0.1, 0.15) is 16.5 Å². The van der Waals surface area contributed by atoms with Crippen molar-refractivity contribution in [3.63, 3.8) is 0 Å². The minimum absolute atomic E-state index is 0.145. The zero-order valence-corrected chi connectivity index (χ0v) is 15.8. The standard InChI is InChI=1S/C22H13F2N3OS/c23-16-5-3-13(4-6-16)18-11-29-21-19(18)22(28)27(12-26-21)10-15-9-17(24)8-14-2-1-7-25-20(14)15/h1-9,11-12H,10H2. The highest BCUT2D eigenvalue weighted by Crippen LogP contribution is 2.30. The predicted octanol–water partition coefficient (Wildman–Crippen LogP) is 5.00. The van der Waals surface area contributed by atoms with E-state index in [1.165, 1.54) is 46.5 Å². The molecule has 0 saturated heterocycles. The number of pyridine rings is 1. The summed E-state index contributed by atoms with van der Waals surface area (Å²) in [5, 5.41) is 2.99. The fourth-order valence-electron chi connectivity index (χ4n) is 3.45. The molecule has 5 rings (SSSR count). The Hall–Kier alpha value is -3.45. The van der Waals surface area contributed by atoms with Crippen LogP contribution < -0.4 is 5.56 Å². The Kier molecular flexibility index (Phi) is 4.17. The molecule has 0 saturated carbocycles. The maximum absolute atomic E-state index is 14.1. The van der Waals surface area contributed by atoms with Crippen LogP contribution in [0, 0.1) is 11.6 Å². The van der Waals surface area contributed by atoms with Gasteiger partial charge in [0.05, 0.1) is 23.8 Å². The van der Waals surface area contributed by atoms with Crippen molar-refractivity contribution in [3.05, 3.63) is 94.0 Å². The molecule has 3 aromatic heterocycles. The Morgan fingerprint density at radius 1 is 1.00 bits per heavy atom. The van der Waals surface area contributed by atoms with Gasteiger partial charge in [-0.2, -0.15) is 0 Å². The molecule has 0 bridgehead atoms. The molecular weight excluding hydrogens is 392 g/mol. The van der Waals surface area contributed by atoms with Crippen LogP contribution in [0.15, 0.2) is 71.2 Å². The summed E-state index contributed by atoms with van der Waals surface area (Å²) in [5.74, 6) is -0.723. The van der Waals surface area contributed by atoms with Gasteiger partial charge in [0, 0.05) is 28.1 Å². The van der Waals surface area contributed by atoms with Crippen molar-refractivity contribution in [1.29, 1.82) is 0 Å². The van der Waals surface area contributed by atoms with E-state index in [2.05, 4.69) is 9.97 Å². The van der Waals surface area contributed by atoms with Gasteiger partial charge in [-0.3, -0.25) is 14.3 Å². The zero-order valence-electron chi connectivity index (χ0n) is 15.0. The third kappa shape index (κ3) is 3.09. The van der Waals surface area contributed by atoms with Crippen LogP contribution >= 0.6 is 11.3 Å². The number of rotatable bonds is 3. The van der Waals surface area contributed by atoms with E-state index >= 15 is 0 Å². The molecule has 142 valence electrons. The number of fused-ring (bicyclic) bond motifs is 2. The molecule has 7 heteroatoms. The maximum Gasteiger partial charge on any atom is 0.263 e. The van der Waals surface area contributed by atoms with Crippen LogP contribution in [0.25, 0.3) is 32.2 Å². The Morgan fingerprint density at radius 3 is 2.66 bits per heavy atom. The average molecular weight is 405 g/mol. The lowest BCUT2D eigenvalue weighted by atomic mass is 10.1. The first-order valence-corrected chi connectivity index (χ1v) is 9.74. The SMILES string of the molecule is O=c1c2c(-c3ccc(F)cc3)csc2ncn1Cc1cc(F)cc2cccnc12. The molecule has 0 aliphatic carbocycles. The van der Waals surface area contributed by atoms with Crippen LogP contribution in [0.2, 0.25) is 0 Å². The maximum atomic E-state index is 14.1. The molecule has 3 heterocycles. The highest BCUT2D eigenvalue weighted by Gasteiger charge is 2.15. The zero-order chi connectivity index (χ0) is 20.0. The number of hydrogen-bond donors (Lipinski definition) is 0. The summed E-state index contributed by atoms with van der Waals surface area (Å²) in [6.45, 7) is 0.145. The van der Waals surface area contributed by atoms with E-state index < -0.39 is 0 Å². The average Bonchev–Trinajstić information content (AvgIpc) is 3.15. The van der Waals surface area contributed by atoms with Crippen molar-refractivity contribution in [2.45, 2.75) is 6.54 Å². The first-order valence-electron chi connectivity index (χ1n) is 8.86. The van der Waals surface area contributed by atoms with Crippen molar-refractivity contribution in [2.75, 3.05) is 0 Å². The minimum atomic E-state index is -0.384. The van der Waals surface area contributed by atoms with Crippen molar-refractivity contribution in [1.82, 2.24) is 14.5 Å². The number of thiophene rings is 1. The second-order valence-corrected chi connectivity index (χ2v) is 7.51. The lowest BCUT2D eigenvalue weighted by molar-refractivity contribution is 0.625. The lowest BCUT2D eigenvalue weighted by Crippen LogP contribution is -2.21. The van der Waals surface area contributed by atoms with Gasteiger partial charge in [0.2, 0.25) is 0 Å². The Bertz CT molecular complexity index is 1420. The van der Waals surface area contributed by atoms with Gasteiger partial charge in [0.15, 0.2) is 0 Å². The summed E-state index contributed by atoms with van der Waals surface area (Å²) in [4.78, 5) is 22.6. The molecule has 0 radical (unpaired) electrons. The molecule has 0 atom stereocenters. The largest absolute Gasteiger partial charge is 0.294 e. The Balaban J connectivity index is 1.66. The first-order chi connectivity index (χ1) is 14.1. The summed E-state index contributed by atoms with van der Waals surface area (Å²) < 4.78 is 28.8. The first kappa shape index (κ1) is 17.6. The molecule has 2 aromatic carbocycles. The van der Waals surface area contributed by atoms with Crippen LogP contribution in [0.5, 0.6) is 0 Å². The second kappa shape index (κ2) is 6.86. The number of halogens is 2. The molecule has 4 nitrogen and oxygen atoms in total. The molecule has 0 spiro atoms. The van der Waals surface area contributed by atoms with Crippen LogP contribution in [0.4, 0.5) is 8.78 Å². The van der Waals surface area contributed by atoms with E-state index in [1.807, 2.05) is 5.38 Å². The van der Waals surface area contributed by atoms with Crippen molar-refractivity contribution in [2.24, 2.45) is 0 Å². The van der Waals surface area contributed by atoms with Crippen LogP contribution in [0.3, 0.4) is 0 Å². The summed E-state index contributed by atoms with van der Waals surface area (Å²) in [7, 11) is 0. The Labute approximate surface area is 167 Å². The van der Waals surface area contributed by atoms with E-state index in [9.17, 15) is 13.6 Å². The Morgan fingerprint density at radius 2 is 1.83 bits per heavy atom. The van der Waals surface area contributed by atoms with Gasteiger partial charge < -0.3 is 0 Å². The van der Waals surface area contributed by atoms with Crippen molar-refractivity contribution < 1.29 is 8.78 Å². The normalized spacial score (nSPS) is 11.4. The van der Waals surface area contributed by atoms with Crippen molar-refractivity contribution >= 4 is 32.5 Å². The fraction of sp³-hybridized carbons (Fsp3) is 0.0455. The lowest BCUT2D eigenvalue weighted by Gasteiger charge is -2.09. The van der Waals surface area contributed by atoms with Gasteiger partial charge in [-0.05, 0) is 35.9 Å². The molecule has 29 heavy (non-hydrogen) atoms. The number of benzene rings is 2. The molecule has 0 N–H and O–H groups in total.